The van der Waals surface area contributed by atoms with Crippen LogP contribution in [-0.4, -0.2) is 26.1 Å². The fourth-order valence-electron chi connectivity index (χ4n) is 2.21. The SMILES string of the molecule is CCC(C)c1ccccc1OCCC1OCCCO1. The third-order valence-electron chi connectivity index (χ3n) is 3.57. The molecule has 1 aliphatic heterocycles. The van der Waals surface area contributed by atoms with Crippen molar-refractivity contribution in [2.24, 2.45) is 0 Å². The molecule has 3 heteroatoms. The van der Waals surface area contributed by atoms with Gasteiger partial charge in [0.25, 0.3) is 0 Å². The van der Waals surface area contributed by atoms with E-state index in [-0.39, 0.29) is 6.29 Å². The molecule has 0 saturated carbocycles. The highest BCUT2D eigenvalue weighted by atomic mass is 16.7. The molecule has 1 fully saturated rings. The van der Waals surface area contributed by atoms with Gasteiger partial charge in [-0.25, -0.2) is 0 Å². The summed E-state index contributed by atoms with van der Waals surface area (Å²) in [7, 11) is 0. The highest BCUT2D eigenvalue weighted by molar-refractivity contribution is 5.35. The molecule has 0 aliphatic carbocycles. The summed E-state index contributed by atoms with van der Waals surface area (Å²) in [5, 5.41) is 0. The first-order valence-electron chi connectivity index (χ1n) is 7.26. The van der Waals surface area contributed by atoms with Crippen molar-refractivity contribution in [1.29, 1.82) is 0 Å². The van der Waals surface area contributed by atoms with Crippen LogP contribution in [0.1, 0.15) is 44.6 Å². The second kappa shape index (κ2) is 7.51. The van der Waals surface area contributed by atoms with Gasteiger partial charge in [-0.1, -0.05) is 32.0 Å². The van der Waals surface area contributed by atoms with E-state index in [9.17, 15) is 0 Å². The molecule has 1 unspecified atom stereocenters. The Morgan fingerprint density at radius 2 is 2.00 bits per heavy atom. The van der Waals surface area contributed by atoms with E-state index in [0.29, 0.717) is 12.5 Å². The smallest absolute Gasteiger partial charge is 0.160 e. The molecule has 0 spiro atoms. The van der Waals surface area contributed by atoms with Crippen molar-refractivity contribution in [1.82, 2.24) is 0 Å². The van der Waals surface area contributed by atoms with Crippen molar-refractivity contribution in [3.05, 3.63) is 29.8 Å². The Labute approximate surface area is 115 Å². The minimum absolute atomic E-state index is 0.0930. The standard InChI is InChI=1S/C16H24O3/c1-3-13(2)14-7-4-5-8-15(14)17-12-9-16-18-10-6-11-19-16/h4-5,7-8,13,16H,3,6,9-12H2,1-2H3. The minimum Gasteiger partial charge on any atom is -0.493 e. The van der Waals surface area contributed by atoms with E-state index >= 15 is 0 Å². The number of rotatable bonds is 6. The minimum atomic E-state index is -0.0930. The Bertz CT molecular complexity index is 372. The second-order valence-electron chi connectivity index (χ2n) is 5.01. The molecule has 106 valence electrons. The van der Waals surface area contributed by atoms with Crippen molar-refractivity contribution in [3.63, 3.8) is 0 Å². The van der Waals surface area contributed by atoms with Gasteiger partial charge in [0.1, 0.15) is 5.75 Å². The molecule has 19 heavy (non-hydrogen) atoms. The second-order valence-corrected chi connectivity index (χ2v) is 5.01. The fourth-order valence-corrected chi connectivity index (χ4v) is 2.21. The van der Waals surface area contributed by atoms with Gasteiger partial charge in [0.2, 0.25) is 0 Å². The lowest BCUT2D eigenvalue weighted by Crippen LogP contribution is -2.26. The van der Waals surface area contributed by atoms with Gasteiger partial charge in [-0.2, -0.15) is 0 Å². The first-order chi connectivity index (χ1) is 9.31. The van der Waals surface area contributed by atoms with Gasteiger partial charge in [-0.05, 0) is 30.4 Å². The van der Waals surface area contributed by atoms with Crippen LogP contribution in [0, 0.1) is 0 Å². The van der Waals surface area contributed by atoms with E-state index < -0.39 is 0 Å². The molecule has 1 aromatic carbocycles. The van der Waals surface area contributed by atoms with Crippen LogP contribution in [0.25, 0.3) is 0 Å². The van der Waals surface area contributed by atoms with Crippen molar-refractivity contribution >= 4 is 0 Å². The predicted octanol–water partition coefficient (Wildman–Crippen LogP) is 3.73. The molecule has 3 nitrogen and oxygen atoms in total. The lowest BCUT2D eigenvalue weighted by molar-refractivity contribution is -0.183. The highest BCUT2D eigenvalue weighted by Gasteiger charge is 2.15. The number of hydrogen-bond donors (Lipinski definition) is 0. The molecule has 0 aromatic heterocycles. The third-order valence-corrected chi connectivity index (χ3v) is 3.57. The zero-order valence-corrected chi connectivity index (χ0v) is 11.9. The quantitative estimate of drug-likeness (QED) is 0.783. The van der Waals surface area contributed by atoms with Gasteiger partial charge in [0.05, 0.1) is 19.8 Å². The molecular formula is C16H24O3. The lowest BCUT2D eigenvalue weighted by Gasteiger charge is -2.23. The molecule has 0 radical (unpaired) electrons. The Hall–Kier alpha value is -1.06. The maximum atomic E-state index is 5.90. The molecule has 1 saturated heterocycles. The largest absolute Gasteiger partial charge is 0.493 e. The molecule has 0 N–H and O–H groups in total. The van der Waals surface area contributed by atoms with Crippen LogP contribution in [0.5, 0.6) is 5.75 Å². The summed E-state index contributed by atoms with van der Waals surface area (Å²) in [5.41, 5.74) is 1.29. The van der Waals surface area contributed by atoms with Gasteiger partial charge >= 0.3 is 0 Å². The monoisotopic (exact) mass is 264 g/mol. The van der Waals surface area contributed by atoms with E-state index in [0.717, 1.165) is 38.2 Å². The number of hydrogen-bond acceptors (Lipinski definition) is 3. The van der Waals surface area contributed by atoms with E-state index in [1.54, 1.807) is 0 Å². The molecule has 1 aliphatic rings. The number of para-hydroxylation sites is 1. The van der Waals surface area contributed by atoms with Gasteiger partial charge in [-0.15, -0.1) is 0 Å². The van der Waals surface area contributed by atoms with Crippen molar-refractivity contribution in [2.75, 3.05) is 19.8 Å². The normalized spacial score (nSPS) is 18.2. The number of ether oxygens (including phenoxy) is 3. The maximum absolute atomic E-state index is 5.90. The summed E-state index contributed by atoms with van der Waals surface area (Å²) in [6.07, 6.45) is 2.81. The first-order valence-corrected chi connectivity index (χ1v) is 7.26. The molecule has 0 bridgehead atoms. The van der Waals surface area contributed by atoms with Crippen molar-refractivity contribution in [3.8, 4) is 5.75 Å². The van der Waals surface area contributed by atoms with Gasteiger partial charge < -0.3 is 14.2 Å². The van der Waals surface area contributed by atoms with Crippen LogP contribution in [0.2, 0.25) is 0 Å². The maximum Gasteiger partial charge on any atom is 0.160 e. The summed E-state index contributed by atoms with van der Waals surface area (Å²) in [6, 6.07) is 8.29. The Kier molecular flexibility index (Phi) is 5.67. The molecule has 1 heterocycles. The zero-order chi connectivity index (χ0) is 13.5. The summed E-state index contributed by atoms with van der Waals surface area (Å²) >= 11 is 0. The van der Waals surface area contributed by atoms with E-state index in [2.05, 4.69) is 26.0 Å². The molecule has 0 amide bonds. The topological polar surface area (TPSA) is 27.7 Å². The number of benzene rings is 1. The Balaban J connectivity index is 1.84. The average molecular weight is 264 g/mol. The Morgan fingerprint density at radius 3 is 2.74 bits per heavy atom. The van der Waals surface area contributed by atoms with E-state index in [1.165, 1.54) is 5.56 Å². The van der Waals surface area contributed by atoms with Crippen LogP contribution < -0.4 is 4.74 Å². The molecular weight excluding hydrogens is 240 g/mol. The molecule has 1 aromatic rings. The first kappa shape index (κ1) is 14.4. The van der Waals surface area contributed by atoms with E-state index in [4.69, 9.17) is 14.2 Å². The lowest BCUT2D eigenvalue weighted by atomic mass is 9.98. The van der Waals surface area contributed by atoms with Crippen LogP contribution in [-0.2, 0) is 9.47 Å². The van der Waals surface area contributed by atoms with Crippen LogP contribution in [0.15, 0.2) is 24.3 Å². The summed E-state index contributed by atoms with van der Waals surface area (Å²) in [4.78, 5) is 0. The summed E-state index contributed by atoms with van der Waals surface area (Å²) in [6.45, 7) is 6.67. The summed E-state index contributed by atoms with van der Waals surface area (Å²) < 4.78 is 16.9. The predicted molar refractivity (Wildman–Crippen MR) is 75.6 cm³/mol. The van der Waals surface area contributed by atoms with Crippen molar-refractivity contribution < 1.29 is 14.2 Å². The summed E-state index contributed by atoms with van der Waals surface area (Å²) in [5.74, 6) is 1.52. The van der Waals surface area contributed by atoms with Crippen LogP contribution in [0.4, 0.5) is 0 Å². The van der Waals surface area contributed by atoms with Crippen LogP contribution in [0.3, 0.4) is 0 Å². The van der Waals surface area contributed by atoms with Gasteiger partial charge in [0.15, 0.2) is 6.29 Å². The van der Waals surface area contributed by atoms with Gasteiger partial charge in [-0.3, -0.25) is 0 Å². The van der Waals surface area contributed by atoms with Gasteiger partial charge in [0, 0.05) is 6.42 Å². The zero-order valence-electron chi connectivity index (χ0n) is 11.9. The average Bonchev–Trinajstić information content (AvgIpc) is 2.48. The third kappa shape index (κ3) is 4.22. The van der Waals surface area contributed by atoms with Crippen molar-refractivity contribution in [2.45, 2.75) is 45.3 Å². The molecule has 1 atom stereocenters. The van der Waals surface area contributed by atoms with E-state index in [1.807, 2.05) is 12.1 Å². The Morgan fingerprint density at radius 1 is 1.26 bits per heavy atom. The highest BCUT2D eigenvalue weighted by Crippen LogP contribution is 2.28. The molecule has 2 rings (SSSR count). The van der Waals surface area contributed by atoms with Crippen LogP contribution >= 0.6 is 0 Å². The fraction of sp³-hybridized carbons (Fsp3) is 0.625.